The summed E-state index contributed by atoms with van der Waals surface area (Å²) in [6.07, 6.45) is 1.33. The predicted octanol–water partition coefficient (Wildman–Crippen LogP) is 2.72. The van der Waals surface area contributed by atoms with Crippen molar-refractivity contribution >= 4 is 11.9 Å². The molecule has 4 rings (SSSR count). The van der Waals surface area contributed by atoms with Crippen LogP contribution >= 0.6 is 0 Å². The lowest BCUT2D eigenvalue weighted by molar-refractivity contribution is -0.132. The largest absolute Gasteiger partial charge is 0.325 e. The van der Waals surface area contributed by atoms with E-state index in [1.54, 1.807) is 12.1 Å². The van der Waals surface area contributed by atoms with Crippen molar-refractivity contribution < 1.29 is 14.0 Å². The lowest BCUT2D eigenvalue weighted by Crippen LogP contribution is -2.41. The molecule has 0 radical (unpaired) electrons. The Morgan fingerprint density at radius 3 is 2.78 bits per heavy atom. The molecule has 0 saturated carbocycles. The van der Waals surface area contributed by atoms with Crippen LogP contribution in [0.5, 0.6) is 0 Å². The summed E-state index contributed by atoms with van der Waals surface area (Å²) in [6.45, 7) is 0.0757. The van der Waals surface area contributed by atoms with Crippen LogP contribution in [0, 0.1) is 5.82 Å². The monoisotopic (exact) mass is 310 g/mol. The smallest absolute Gasteiger partial charge is 0.319 e. The van der Waals surface area contributed by atoms with Gasteiger partial charge in [0.1, 0.15) is 11.4 Å². The molecular formula is C18H15FN2O2. The highest BCUT2D eigenvalue weighted by Crippen LogP contribution is 2.41. The third kappa shape index (κ3) is 2.04. The van der Waals surface area contributed by atoms with Crippen molar-refractivity contribution in [1.29, 1.82) is 0 Å². The fourth-order valence-electron chi connectivity index (χ4n) is 3.55. The third-order valence-electron chi connectivity index (χ3n) is 4.65. The average Bonchev–Trinajstić information content (AvgIpc) is 3.02. The van der Waals surface area contributed by atoms with Gasteiger partial charge in [-0.2, -0.15) is 0 Å². The van der Waals surface area contributed by atoms with Gasteiger partial charge in [-0.1, -0.05) is 36.4 Å². The standard InChI is InChI=1S/C18H15FN2O2/c19-14-6-3-4-12(10-14)11-21-16(22)18(20-17(21)23)9-8-13-5-1-2-7-15(13)18/h1-7,10H,8-9,11H2,(H,20,23)/t18-/m1/s1. The van der Waals surface area contributed by atoms with Gasteiger partial charge in [0.15, 0.2) is 0 Å². The van der Waals surface area contributed by atoms with E-state index in [0.717, 1.165) is 17.5 Å². The van der Waals surface area contributed by atoms with Gasteiger partial charge in [0.25, 0.3) is 5.91 Å². The lowest BCUT2D eigenvalue weighted by Gasteiger charge is -2.22. The number of rotatable bonds is 2. The first-order valence-corrected chi connectivity index (χ1v) is 7.57. The average molecular weight is 310 g/mol. The van der Waals surface area contributed by atoms with Gasteiger partial charge >= 0.3 is 6.03 Å². The molecule has 1 saturated heterocycles. The molecule has 4 nitrogen and oxygen atoms in total. The molecule has 1 fully saturated rings. The number of carbonyl (C=O) groups excluding carboxylic acids is 2. The SMILES string of the molecule is O=C1N[C@@]2(CCc3ccccc32)C(=O)N1Cc1cccc(F)c1. The van der Waals surface area contributed by atoms with Gasteiger partial charge in [-0.3, -0.25) is 9.69 Å². The zero-order chi connectivity index (χ0) is 16.0. The number of hydrogen-bond donors (Lipinski definition) is 1. The van der Waals surface area contributed by atoms with Crippen molar-refractivity contribution in [3.8, 4) is 0 Å². The molecule has 116 valence electrons. The van der Waals surface area contributed by atoms with E-state index in [1.807, 2.05) is 24.3 Å². The van der Waals surface area contributed by atoms with Crippen molar-refractivity contribution in [3.63, 3.8) is 0 Å². The molecular weight excluding hydrogens is 295 g/mol. The topological polar surface area (TPSA) is 49.4 Å². The Labute approximate surface area is 132 Å². The number of urea groups is 1. The van der Waals surface area contributed by atoms with Crippen LogP contribution in [0.4, 0.5) is 9.18 Å². The van der Waals surface area contributed by atoms with E-state index >= 15 is 0 Å². The summed E-state index contributed by atoms with van der Waals surface area (Å²) in [7, 11) is 0. The van der Waals surface area contributed by atoms with Crippen molar-refractivity contribution in [3.05, 3.63) is 71.0 Å². The van der Waals surface area contributed by atoms with Gasteiger partial charge in [0, 0.05) is 0 Å². The molecule has 1 spiro atoms. The lowest BCUT2D eigenvalue weighted by atomic mass is 9.92. The maximum Gasteiger partial charge on any atom is 0.325 e. The number of benzene rings is 2. The van der Waals surface area contributed by atoms with E-state index < -0.39 is 11.6 Å². The normalized spacial score (nSPS) is 22.6. The Morgan fingerprint density at radius 1 is 1.13 bits per heavy atom. The molecule has 1 heterocycles. The van der Waals surface area contributed by atoms with E-state index in [0.29, 0.717) is 12.0 Å². The minimum absolute atomic E-state index is 0.0757. The van der Waals surface area contributed by atoms with Crippen molar-refractivity contribution in [1.82, 2.24) is 10.2 Å². The van der Waals surface area contributed by atoms with E-state index in [2.05, 4.69) is 5.32 Å². The second-order valence-corrected chi connectivity index (χ2v) is 6.01. The molecule has 5 heteroatoms. The highest BCUT2D eigenvalue weighted by molar-refractivity contribution is 6.08. The molecule has 2 aliphatic rings. The fourth-order valence-corrected chi connectivity index (χ4v) is 3.55. The van der Waals surface area contributed by atoms with Crippen molar-refractivity contribution in [2.24, 2.45) is 0 Å². The second-order valence-electron chi connectivity index (χ2n) is 6.01. The minimum Gasteiger partial charge on any atom is -0.319 e. The second kappa shape index (κ2) is 4.91. The van der Waals surface area contributed by atoms with E-state index in [9.17, 15) is 14.0 Å². The quantitative estimate of drug-likeness (QED) is 0.867. The first-order valence-electron chi connectivity index (χ1n) is 7.57. The molecule has 1 atom stereocenters. The number of amides is 3. The molecule has 2 aromatic rings. The van der Waals surface area contributed by atoms with Crippen molar-refractivity contribution in [2.45, 2.75) is 24.9 Å². The molecule has 1 aliphatic heterocycles. The summed E-state index contributed by atoms with van der Waals surface area (Å²) in [6, 6.07) is 13.2. The number of carbonyl (C=O) groups is 2. The van der Waals surface area contributed by atoms with Crippen LogP contribution in [-0.2, 0) is 23.3 Å². The maximum atomic E-state index is 13.3. The Balaban J connectivity index is 1.68. The molecule has 3 amide bonds. The summed E-state index contributed by atoms with van der Waals surface area (Å²) < 4.78 is 13.3. The molecule has 1 N–H and O–H groups in total. The van der Waals surface area contributed by atoms with Crippen LogP contribution in [0.1, 0.15) is 23.1 Å². The van der Waals surface area contributed by atoms with Crippen LogP contribution in [-0.4, -0.2) is 16.8 Å². The van der Waals surface area contributed by atoms with Crippen LogP contribution < -0.4 is 5.32 Å². The molecule has 0 unspecified atom stereocenters. The first-order chi connectivity index (χ1) is 11.1. The van der Waals surface area contributed by atoms with Crippen LogP contribution in [0.25, 0.3) is 0 Å². The van der Waals surface area contributed by atoms with Gasteiger partial charge < -0.3 is 5.32 Å². The van der Waals surface area contributed by atoms with Gasteiger partial charge in [-0.25, -0.2) is 9.18 Å². The maximum absolute atomic E-state index is 13.3. The number of nitrogens with zero attached hydrogens (tertiary/aromatic N) is 1. The van der Waals surface area contributed by atoms with Gasteiger partial charge in [0.2, 0.25) is 0 Å². The molecule has 1 aliphatic carbocycles. The zero-order valence-electron chi connectivity index (χ0n) is 12.4. The molecule has 2 aromatic carbocycles. The first kappa shape index (κ1) is 13.9. The third-order valence-corrected chi connectivity index (χ3v) is 4.65. The van der Waals surface area contributed by atoms with E-state index in [4.69, 9.17) is 0 Å². The van der Waals surface area contributed by atoms with Crippen LogP contribution in [0.2, 0.25) is 0 Å². The summed E-state index contributed by atoms with van der Waals surface area (Å²) in [5.41, 5.74) is 1.60. The highest BCUT2D eigenvalue weighted by atomic mass is 19.1. The number of nitrogens with one attached hydrogen (secondary N) is 1. The zero-order valence-corrected chi connectivity index (χ0v) is 12.4. The Kier molecular flexibility index (Phi) is 2.98. The number of imide groups is 1. The van der Waals surface area contributed by atoms with Crippen LogP contribution in [0.3, 0.4) is 0 Å². The minimum atomic E-state index is -0.957. The summed E-state index contributed by atoms with van der Waals surface area (Å²) in [4.78, 5) is 26.5. The number of fused-ring (bicyclic) bond motifs is 2. The molecule has 0 aromatic heterocycles. The van der Waals surface area contributed by atoms with Gasteiger partial charge in [-0.15, -0.1) is 0 Å². The molecule has 23 heavy (non-hydrogen) atoms. The number of aryl methyl sites for hydroxylation is 1. The Morgan fingerprint density at radius 2 is 1.96 bits per heavy atom. The Bertz CT molecular complexity index is 820. The van der Waals surface area contributed by atoms with Gasteiger partial charge in [0.05, 0.1) is 6.54 Å². The van der Waals surface area contributed by atoms with E-state index in [-0.39, 0.29) is 18.3 Å². The molecule has 0 bridgehead atoms. The summed E-state index contributed by atoms with van der Waals surface area (Å²) in [5.74, 6) is -0.632. The summed E-state index contributed by atoms with van der Waals surface area (Å²) in [5, 5.41) is 2.86. The number of hydrogen-bond acceptors (Lipinski definition) is 2. The van der Waals surface area contributed by atoms with Gasteiger partial charge in [-0.05, 0) is 41.7 Å². The van der Waals surface area contributed by atoms with E-state index in [1.165, 1.54) is 17.0 Å². The highest BCUT2D eigenvalue weighted by Gasteiger charge is 2.55. The number of halogens is 1. The Hall–Kier alpha value is -2.69. The van der Waals surface area contributed by atoms with Crippen molar-refractivity contribution in [2.75, 3.05) is 0 Å². The predicted molar refractivity (Wildman–Crippen MR) is 81.9 cm³/mol. The fraction of sp³-hybridized carbons (Fsp3) is 0.222. The summed E-state index contributed by atoms with van der Waals surface area (Å²) >= 11 is 0. The van der Waals surface area contributed by atoms with Crippen LogP contribution in [0.15, 0.2) is 48.5 Å².